The molecule has 1 aromatic carbocycles. The molecule has 0 radical (unpaired) electrons. The Balaban J connectivity index is 2.40. The molecule has 2 aromatic rings. The standard InChI is InChI=1S/C15H15NO4S/c1-8-3-5-11-10(7-8)13(15(17)18)9-4-6-12(14(9)16-11)21(2,19)20/h3,5,7,12H,4,6H2,1-2H3,(H,17,18). The number of aromatic carboxylic acids is 1. The number of hydrogen-bond acceptors (Lipinski definition) is 4. The Morgan fingerprint density at radius 1 is 1.38 bits per heavy atom. The first kappa shape index (κ1) is 14.0. The molecule has 1 N–H and O–H groups in total. The van der Waals surface area contributed by atoms with Crippen LogP contribution < -0.4 is 0 Å². The lowest BCUT2D eigenvalue weighted by Crippen LogP contribution is -2.11. The van der Waals surface area contributed by atoms with E-state index >= 15 is 0 Å². The Kier molecular flexibility index (Phi) is 3.02. The van der Waals surface area contributed by atoms with Gasteiger partial charge in [0.15, 0.2) is 9.84 Å². The predicted molar refractivity (Wildman–Crippen MR) is 79.3 cm³/mol. The van der Waals surface area contributed by atoms with Gasteiger partial charge in [0.25, 0.3) is 0 Å². The van der Waals surface area contributed by atoms with Gasteiger partial charge < -0.3 is 5.11 Å². The van der Waals surface area contributed by atoms with Gasteiger partial charge in [0.1, 0.15) is 5.25 Å². The number of carboxylic acids is 1. The van der Waals surface area contributed by atoms with Crippen LogP contribution in [0.15, 0.2) is 18.2 Å². The second kappa shape index (κ2) is 4.53. The SMILES string of the molecule is Cc1ccc2nc3c(c(C(=O)O)c2c1)CCC3S(C)(=O)=O. The van der Waals surface area contributed by atoms with Crippen molar-refractivity contribution in [3.05, 3.63) is 40.6 Å². The summed E-state index contributed by atoms with van der Waals surface area (Å²) in [6.07, 6.45) is 2.01. The average Bonchev–Trinajstić information content (AvgIpc) is 2.78. The molecule has 1 unspecified atom stereocenters. The largest absolute Gasteiger partial charge is 0.478 e. The van der Waals surface area contributed by atoms with Crippen molar-refractivity contribution in [3.63, 3.8) is 0 Å². The number of hydrogen-bond donors (Lipinski definition) is 1. The first-order chi connectivity index (χ1) is 9.79. The highest BCUT2D eigenvalue weighted by molar-refractivity contribution is 7.90. The molecule has 0 fully saturated rings. The Morgan fingerprint density at radius 3 is 2.71 bits per heavy atom. The molecule has 6 heteroatoms. The van der Waals surface area contributed by atoms with E-state index in [0.29, 0.717) is 35.0 Å². The lowest BCUT2D eigenvalue weighted by molar-refractivity contribution is 0.0698. The van der Waals surface area contributed by atoms with E-state index in [0.717, 1.165) is 5.56 Å². The van der Waals surface area contributed by atoms with Crippen LogP contribution in [-0.2, 0) is 16.3 Å². The fourth-order valence-corrected chi connectivity index (χ4v) is 4.17. The molecule has 0 aliphatic heterocycles. The van der Waals surface area contributed by atoms with Crippen LogP contribution in [0.4, 0.5) is 0 Å². The van der Waals surface area contributed by atoms with E-state index in [4.69, 9.17) is 0 Å². The molecule has 3 rings (SSSR count). The lowest BCUT2D eigenvalue weighted by Gasteiger charge is -2.12. The number of rotatable bonds is 2. The Morgan fingerprint density at radius 2 is 2.10 bits per heavy atom. The summed E-state index contributed by atoms with van der Waals surface area (Å²) < 4.78 is 23.8. The molecule has 1 atom stereocenters. The number of pyridine rings is 1. The molecule has 1 aromatic heterocycles. The van der Waals surface area contributed by atoms with Gasteiger partial charge in [-0.05, 0) is 37.5 Å². The maximum atomic E-state index is 11.9. The van der Waals surface area contributed by atoms with Crippen LogP contribution in [-0.4, -0.2) is 30.7 Å². The third-order valence-electron chi connectivity index (χ3n) is 3.97. The van der Waals surface area contributed by atoms with Crippen LogP contribution in [0.1, 0.15) is 38.8 Å². The van der Waals surface area contributed by atoms with Gasteiger partial charge in [-0.2, -0.15) is 0 Å². The van der Waals surface area contributed by atoms with Crippen molar-refractivity contribution < 1.29 is 18.3 Å². The van der Waals surface area contributed by atoms with E-state index in [1.54, 1.807) is 12.1 Å². The molecule has 110 valence electrons. The van der Waals surface area contributed by atoms with Crippen LogP contribution in [0.5, 0.6) is 0 Å². The molecule has 0 bridgehead atoms. The number of fused-ring (bicyclic) bond motifs is 2. The zero-order valence-corrected chi connectivity index (χ0v) is 12.6. The molecule has 1 aliphatic carbocycles. The van der Waals surface area contributed by atoms with Crippen molar-refractivity contribution in [1.82, 2.24) is 4.98 Å². The minimum atomic E-state index is -3.29. The van der Waals surface area contributed by atoms with Gasteiger partial charge in [-0.3, -0.25) is 4.98 Å². The fraction of sp³-hybridized carbons (Fsp3) is 0.333. The monoisotopic (exact) mass is 305 g/mol. The second-order valence-corrected chi connectivity index (χ2v) is 7.76. The summed E-state index contributed by atoms with van der Waals surface area (Å²) >= 11 is 0. The van der Waals surface area contributed by atoms with Crippen LogP contribution in [0.2, 0.25) is 0 Å². The Hall–Kier alpha value is -1.95. The zero-order valence-electron chi connectivity index (χ0n) is 11.8. The molecule has 0 amide bonds. The third-order valence-corrected chi connectivity index (χ3v) is 5.46. The number of carbonyl (C=O) groups is 1. The van der Waals surface area contributed by atoms with E-state index in [1.807, 2.05) is 13.0 Å². The number of nitrogens with zero attached hydrogens (tertiary/aromatic N) is 1. The predicted octanol–water partition coefficient (Wildman–Crippen LogP) is 2.27. The number of carboxylic acid groups (broad SMARTS) is 1. The van der Waals surface area contributed by atoms with Gasteiger partial charge in [-0.15, -0.1) is 0 Å². The third kappa shape index (κ3) is 2.19. The van der Waals surface area contributed by atoms with Crippen molar-refractivity contribution in [2.45, 2.75) is 25.0 Å². The summed E-state index contributed by atoms with van der Waals surface area (Å²) in [5.74, 6) is -1.03. The summed E-state index contributed by atoms with van der Waals surface area (Å²) in [7, 11) is -3.29. The lowest BCUT2D eigenvalue weighted by atomic mass is 10.00. The quantitative estimate of drug-likeness (QED) is 0.920. The van der Waals surface area contributed by atoms with E-state index in [-0.39, 0.29) is 5.56 Å². The maximum Gasteiger partial charge on any atom is 0.336 e. The van der Waals surface area contributed by atoms with Crippen molar-refractivity contribution >= 4 is 26.7 Å². The number of benzene rings is 1. The van der Waals surface area contributed by atoms with E-state index in [9.17, 15) is 18.3 Å². The minimum absolute atomic E-state index is 0.199. The van der Waals surface area contributed by atoms with Crippen LogP contribution in [0, 0.1) is 6.92 Å². The van der Waals surface area contributed by atoms with Gasteiger partial charge in [0.05, 0.1) is 16.8 Å². The van der Waals surface area contributed by atoms with E-state index in [1.165, 1.54) is 6.26 Å². The summed E-state index contributed by atoms with van der Waals surface area (Å²) in [4.78, 5) is 16.1. The molecular weight excluding hydrogens is 290 g/mol. The highest BCUT2D eigenvalue weighted by atomic mass is 32.2. The first-order valence-corrected chi connectivity index (χ1v) is 8.60. The van der Waals surface area contributed by atoms with Crippen LogP contribution >= 0.6 is 0 Å². The summed E-state index contributed by atoms with van der Waals surface area (Å²) in [5, 5.41) is 9.43. The second-order valence-electron chi connectivity index (χ2n) is 5.53. The van der Waals surface area contributed by atoms with Gasteiger partial charge in [-0.25, -0.2) is 13.2 Å². The first-order valence-electron chi connectivity index (χ1n) is 6.64. The van der Waals surface area contributed by atoms with Crippen LogP contribution in [0.25, 0.3) is 10.9 Å². The number of aromatic nitrogens is 1. The van der Waals surface area contributed by atoms with Crippen molar-refractivity contribution in [1.29, 1.82) is 0 Å². The summed E-state index contributed by atoms with van der Waals surface area (Å²) in [5.41, 5.74) is 2.66. The zero-order chi connectivity index (χ0) is 15.4. The topological polar surface area (TPSA) is 84.3 Å². The highest BCUT2D eigenvalue weighted by Crippen LogP contribution is 2.39. The number of aryl methyl sites for hydroxylation is 1. The maximum absolute atomic E-state index is 11.9. The Labute approximate surface area is 122 Å². The van der Waals surface area contributed by atoms with E-state index in [2.05, 4.69) is 4.98 Å². The van der Waals surface area contributed by atoms with Gasteiger partial charge in [0, 0.05) is 11.6 Å². The molecule has 5 nitrogen and oxygen atoms in total. The van der Waals surface area contributed by atoms with Crippen molar-refractivity contribution in [2.75, 3.05) is 6.26 Å². The summed E-state index contributed by atoms with van der Waals surface area (Å²) in [6.45, 7) is 1.89. The van der Waals surface area contributed by atoms with Crippen molar-refractivity contribution in [3.8, 4) is 0 Å². The molecule has 21 heavy (non-hydrogen) atoms. The van der Waals surface area contributed by atoms with Gasteiger partial charge in [-0.1, -0.05) is 11.6 Å². The highest BCUT2D eigenvalue weighted by Gasteiger charge is 2.35. The molecule has 0 saturated heterocycles. The molecular formula is C15H15NO4S. The van der Waals surface area contributed by atoms with Gasteiger partial charge >= 0.3 is 5.97 Å². The fourth-order valence-electron chi connectivity index (χ4n) is 3.03. The average molecular weight is 305 g/mol. The van der Waals surface area contributed by atoms with Crippen molar-refractivity contribution in [2.24, 2.45) is 0 Å². The normalized spacial score (nSPS) is 17.9. The van der Waals surface area contributed by atoms with E-state index < -0.39 is 21.1 Å². The van der Waals surface area contributed by atoms with Gasteiger partial charge in [0.2, 0.25) is 0 Å². The molecule has 1 aliphatic rings. The molecule has 0 spiro atoms. The molecule has 1 heterocycles. The Bertz CT molecular complexity index is 871. The summed E-state index contributed by atoms with van der Waals surface area (Å²) in [6, 6.07) is 5.38. The minimum Gasteiger partial charge on any atom is -0.478 e. The number of sulfone groups is 1. The van der Waals surface area contributed by atoms with Crippen LogP contribution in [0.3, 0.4) is 0 Å². The molecule has 0 saturated carbocycles. The smallest absolute Gasteiger partial charge is 0.336 e.